The van der Waals surface area contributed by atoms with E-state index in [0.29, 0.717) is 18.9 Å². The number of hydrogen-bond donors (Lipinski definition) is 1. The fourth-order valence-electron chi connectivity index (χ4n) is 2.92. The molecule has 0 aliphatic carbocycles. The Morgan fingerprint density at radius 2 is 2.09 bits per heavy atom. The summed E-state index contributed by atoms with van der Waals surface area (Å²) in [6, 6.07) is 5.55. The first-order chi connectivity index (χ1) is 10.5. The number of amides is 2. The Labute approximate surface area is 131 Å². The van der Waals surface area contributed by atoms with Gasteiger partial charge in [0.2, 0.25) is 5.91 Å². The fourth-order valence-corrected chi connectivity index (χ4v) is 2.92. The van der Waals surface area contributed by atoms with E-state index in [9.17, 15) is 9.59 Å². The average Bonchev–Trinajstić information content (AvgIpc) is 2.97. The first-order valence-corrected chi connectivity index (χ1v) is 7.70. The third kappa shape index (κ3) is 3.24. The molecule has 1 unspecified atom stereocenters. The van der Waals surface area contributed by atoms with Crippen LogP contribution in [-0.2, 0) is 9.53 Å². The molecule has 1 heterocycles. The summed E-state index contributed by atoms with van der Waals surface area (Å²) in [6.07, 6.45) is 1.05. The van der Waals surface area contributed by atoms with Gasteiger partial charge in [-0.2, -0.15) is 0 Å². The molecule has 1 atom stereocenters. The number of rotatable bonds is 3. The molecule has 0 aromatic heterocycles. The molecular weight excluding hydrogens is 280 g/mol. The van der Waals surface area contributed by atoms with Crippen LogP contribution in [0.25, 0.3) is 0 Å². The van der Waals surface area contributed by atoms with Crippen molar-refractivity contribution in [1.29, 1.82) is 0 Å². The van der Waals surface area contributed by atoms with E-state index in [1.54, 1.807) is 0 Å². The Hall–Kier alpha value is -2.04. The molecule has 0 saturated carbocycles. The Morgan fingerprint density at radius 3 is 2.73 bits per heavy atom. The zero-order valence-electron chi connectivity index (χ0n) is 13.7. The van der Waals surface area contributed by atoms with Crippen LogP contribution in [0.4, 0.5) is 10.5 Å². The van der Waals surface area contributed by atoms with Gasteiger partial charge in [0.05, 0.1) is 7.11 Å². The minimum absolute atomic E-state index is 0.140. The minimum Gasteiger partial charge on any atom is -0.453 e. The van der Waals surface area contributed by atoms with Gasteiger partial charge in [-0.1, -0.05) is 32.0 Å². The summed E-state index contributed by atoms with van der Waals surface area (Å²) in [7, 11) is 1.34. The second-order valence-electron chi connectivity index (χ2n) is 6.00. The van der Waals surface area contributed by atoms with Gasteiger partial charge in [0.15, 0.2) is 0 Å². The molecule has 120 valence electrons. The molecule has 0 radical (unpaired) electrons. The highest BCUT2D eigenvalue weighted by Gasteiger charge is 2.35. The molecular formula is C17H24N2O3. The van der Waals surface area contributed by atoms with Gasteiger partial charge in [0.1, 0.15) is 6.04 Å². The van der Waals surface area contributed by atoms with E-state index in [1.807, 2.05) is 25.1 Å². The lowest BCUT2D eigenvalue weighted by Crippen LogP contribution is -2.43. The third-order valence-corrected chi connectivity index (χ3v) is 4.14. The van der Waals surface area contributed by atoms with Crippen LogP contribution in [0.2, 0.25) is 0 Å². The largest absolute Gasteiger partial charge is 0.453 e. The summed E-state index contributed by atoms with van der Waals surface area (Å²) >= 11 is 0. The van der Waals surface area contributed by atoms with Gasteiger partial charge in [-0.15, -0.1) is 0 Å². The van der Waals surface area contributed by atoms with Crippen molar-refractivity contribution in [3.8, 4) is 0 Å². The number of carbonyl (C=O) groups is 2. The number of nitrogens with zero attached hydrogens (tertiary/aromatic N) is 1. The van der Waals surface area contributed by atoms with Gasteiger partial charge < -0.3 is 10.1 Å². The van der Waals surface area contributed by atoms with Gasteiger partial charge in [-0.3, -0.25) is 9.69 Å². The van der Waals surface area contributed by atoms with Crippen molar-refractivity contribution in [3.05, 3.63) is 29.3 Å². The number of hydrogen-bond acceptors (Lipinski definition) is 3. The fraction of sp³-hybridized carbons (Fsp3) is 0.529. The van der Waals surface area contributed by atoms with Crippen LogP contribution in [0, 0.1) is 6.92 Å². The lowest BCUT2D eigenvalue weighted by atomic mass is 9.98. The SMILES string of the molecule is COC(=O)N1CCCC1C(=O)Nc1c(C)cccc1C(C)C. The lowest BCUT2D eigenvalue weighted by Gasteiger charge is -2.24. The molecule has 0 spiro atoms. The number of aryl methyl sites for hydroxylation is 1. The molecule has 5 heteroatoms. The van der Waals surface area contributed by atoms with Crippen molar-refractivity contribution in [2.45, 2.75) is 45.6 Å². The van der Waals surface area contributed by atoms with Crippen LogP contribution in [0.1, 0.15) is 43.7 Å². The van der Waals surface area contributed by atoms with Crippen molar-refractivity contribution in [3.63, 3.8) is 0 Å². The number of para-hydroxylation sites is 1. The van der Waals surface area contributed by atoms with Crippen molar-refractivity contribution in [2.75, 3.05) is 19.0 Å². The van der Waals surface area contributed by atoms with Crippen molar-refractivity contribution in [2.24, 2.45) is 0 Å². The predicted octanol–water partition coefficient (Wildman–Crippen LogP) is 3.29. The van der Waals surface area contributed by atoms with Crippen LogP contribution in [0.3, 0.4) is 0 Å². The summed E-state index contributed by atoms with van der Waals surface area (Å²) in [5, 5.41) is 3.02. The predicted molar refractivity (Wildman–Crippen MR) is 86.0 cm³/mol. The standard InChI is InChI=1S/C17H24N2O3/c1-11(2)13-8-5-7-12(3)15(13)18-16(20)14-9-6-10-19(14)17(21)22-4/h5,7-8,11,14H,6,9-10H2,1-4H3,(H,18,20). The quantitative estimate of drug-likeness (QED) is 0.932. The van der Waals surface area contributed by atoms with Crippen LogP contribution in [-0.4, -0.2) is 36.6 Å². The van der Waals surface area contributed by atoms with E-state index in [-0.39, 0.29) is 5.91 Å². The molecule has 2 amide bonds. The molecule has 2 rings (SSSR count). The van der Waals surface area contributed by atoms with Gasteiger partial charge in [0.25, 0.3) is 0 Å². The highest BCUT2D eigenvalue weighted by molar-refractivity contribution is 5.98. The second kappa shape index (κ2) is 6.81. The molecule has 0 bridgehead atoms. The lowest BCUT2D eigenvalue weighted by molar-refractivity contribution is -0.120. The molecule has 22 heavy (non-hydrogen) atoms. The maximum absolute atomic E-state index is 12.6. The Morgan fingerprint density at radius 1 is 1.36 bits per heavy atom. The Kier molecular flexibility index (Phi) is 5.06. The summed E-state index contributed by atoms with van der Waals surface area (Å²) in [5.74, 6) is 0.176. The van der Waals surface area contributed by atoms with E-state index in [1.165, 1.54) is 12.0 Å². The highest BCUT2D eigenvalue weighted by atomic mass is 16.5. The van der Waals surface area contributed by atoms with Crippen molar-refractivity contribution in [1.82, 2.24) is 4.90 Å². The Bertz CT molecular complexity index is 569. The van der Waals surface area contributed by atoms with Crippen molar-refractivity contribution >= 4 is 17.7 Å². The Balaban J connectivity index is 2.21. The van der Waals surface area contributed by atoms with Gasteiger partial charge in [-0.05, 0) is 36.8 Å². The number of nitrogens with one attached hydrogen (secondary N) is 1. The average molecular weight is 304 g/mol. The van der Waals surface area contributed by atoms with Gasteiger partial charge in [-0.25, -0.2) is 4.79 Å². The molecule has 1 aromatic carbocycles. The first-order valence-electron chi connectivity index (χ1n) is 7.70. The normalized spacial score (nSPS) is 17.7. The third-order valence-electron chi connectivity index (χ3n) is 4.14. The van der Waals surface area contributed by atoms with Crippen LogP contribution >= 0.6 is 0 Å². The summed E-state index contributed by atoms with van der Waals surface area (Å²) < 4.78 is 4.76. The number of benzene rings is 1. The number of ether oxygens (including phenoxy) is 1. The van der Waals surface area contributed by atoms with Crippen LogP contribution < -0.4 is 5.32 Å². The topological polar surface area (TPSA) is 58.6 Å². The van der Waals surface area contributed by atoms with E-state index < -0.39 is 12.1 Å². The van der Waals surface area contributed by atoms with Crippen LogP contribution in [0.5, 0.6) is 0 Å². The molecule has 1 N–H and O–H groups in total. The maximum Gasteiger partial charge on any atom is 0.410 e. The monoisotopic (exact) mass is 304 g/mol. The molecule has 1 aromatic rings. The molecule has 1 saturated heterocycles. The van der Waals surface area contributed by atoms with E-state index in [4.69, 9.17) is 4.74 Å². The van der Waals surface area contributed by atoms with E-state index in [0.717, 1.165) is 23.2 Å². The summed E-state index contributed by atoms with van der Waals surface area (Å²) in [5.41, 5.74) is 3.00. The summed E-state index contributed by atoms with van der Waals surface area (Å²) in [4.78, 5) is 25.9. The molecule has 1 fully saturated rings. The van der Waals surface area contributed by atoms with E-state index in [2.05, 4.69) is 19.2 Å². The first kappa shape index (κ1) is 16.3. The molecule has 5 nitrogen and oxygen atoms in total. The van der Waals surface area contributed by atoms with Crippen molar-refractivity contribution < 1.29 is 14.3 Å². The molecule has 1 aliphatic rings. The maximum atomic E-state index is 12.6. The smallest absolute Gasteiger partial charge is 0.410 e. The highest BCUT2D eigenvalue weighted by Crippen LogP contribution is 2.28. The number of carbonyl (C=O) groups excluding carboxylic acids is 2. The zero-order valence-corrected chi connectivity index (χ0v) is 13.7. The zero-order chi connectivity index (χ0) is 16.3. The van der Waals surface area contributed by atoms with Gasteiger partial charge >= 0.3 is 6.09 Å². The number of methoxy groups -OCH3 is 1. The number of likely N-dealkylation sites (tertiary alicyclic amines) is 1. The second-order valence-corrected chi connectivity index (χ2v) is 6.00. The number of anilines is 1. The summed E-state index contributed by atoms with van der Waals surface area (Å²) in [6.45, 7) is 6.74. The molecule has 1 aliphatic heterocycles. The minimum atomic E-state index is -0.452. The van der Waals surface area contributed by atoms with Gasteiger partial charge in [0, 0.05) is 12.2 Å². The van der Waals surface area contributed by atoms with E-state index >= 15 is 0 Å². The van der Waals surface area contributed by atoms with Crippen LogP contribution in [0.15, 0.2) is 18.2 Å².